The molecular formula is C25H26N2O6S2. The normalized spacial score (nSPS) is 33.7. The van der Waals surface area contributed by atoms with Gasteiger partial charge in [0.2, 0.25) is 11.8 Å². The summed E-state index contributed by atoms with van der Waals surface area (Å²) >= 11 is 2.78. The maximum atomic E-state index is 13.7. The van der Waals surface area contributed by atoms with Crippen LogP contribution in [0.5, 0.6) is 5.75 Å². The number of aromatic hydroxyl groups is 1. The van der Waals surface area contributed by atoms with Crippen LogP contribution in [0, 0.1) is 35.5 Å². The van der Waals surface area contributed by atoms with Crippen molar-refractivity contribution in [3.63, 3.8) is 0 Å². The Morgan fingerprint density at radius 3 is 2.40 bits per heavy atom. The molecule has 1 aromatic carbocycles. The van der Waals surface area contributed by atoms with Gasteiger partial charge in [0.1, 0.15) is 11.8 Å². The number of nitrogens with zero attached hydrogens (tertiary/aromatic N) is 1. The Labute approximate surface area is 209 Å². The lowest BCUT2D eigenvalue weighted by Crippen LogP contribution is -2.47. The fourth-order valence-electron chi connectivity index (χ4n) is 7.17. The molecule has 2 aliphatic carbocycles. The van der Waals surface area contributed by atoms with Crippen molar-refractivity contribution < 1.29 is 24.6 Å². The number of aromatic amines is 1. The molecule has 0 radical (unpaired) electrons. The largest absolute Gasteiger partial charge is 0.508 e. The van der Waals surface area contributed by atoms with Gasteiger partial charge in [-0.3, -0.25) is 19.3 Å². The lowest BCUT2D eigenvalue weighted by atomic mass is 9.68. The number of imide groups is 1. The van der Waals surface area contributed by atoms with Crippen LogP contribution in [0.3, 0.4) is 0 Å². The number of carbonyl (C=O) groups is 3. The maximum absolute atomic E-state index is 13.7. The van der Waals surface area contributed by atoms with E-state index in [-0.39, 0.29) is 63.7 Å². The summed E-state index contributed by atoms with van der Waals surface area (Å²) < 4.78 is 0. The quantitative estimate of drug-likeness (QED) is 0.523. The average molecular weight is 515 g/mol. The zero-order chi connectivity index (χ0) is 24.8. The summed E-state index contributed by atoms with van der Waals surface area (Å²) in [5.41, 5.74) is 0.968. The number of fused-ring (bicyclic) bond motifs is 9. The van der Waals surface area contributed by atoms with E-state index in [2.05, 4.69) is 4.98 Å². The first-order valence-electron chi connectivity index (χ1n) is 12.0. The van der Waals surface area contributed by atoms with E-state index in [1.807, 2.05) is 26.0 Å². The highest BCUT2D eigenvalue weighted by Gasteiger charge is 2.70. The number of hydrogen-bond acceptors (Lipinski definition) is 7. The topological polar surface area (TPSA) is 128 Å². The van der Waals surface area contributed by atoms with Crippen molar-refractivity contribution in [2.45, 2.75) is 48.9 Å². The van der Waals surface area contributed by atoms with Crippen LogP contribution in [0.4, 0.5) is 0 Å². The van der Waals surface area contributed by atoms with Crippen molar-refractivity contribution in [2.24, 2.45) is 35.5 Å². The highest BCUT2D eigenvalue weighted by Crippen LogP contribution is 2.68. The number of rotatable bonds is 5. The number of thiazole rings is 1. The van der Waals surface area contributed by atoms with E-state index < -0.39 is 23.8 Å². The first kappa shape index (κ1) is 22.8. The predicted molar refractivity (Wildman–Crippen MR) is 129 cm³/mol. The number of likely N-dealkylation sites (tertiary alicyclic amines) is 1. The highest BCUT2D eigenvalue weighted by atomic mass is 32.2. The Balaban J connectivity index is 1.42. The van der Waals surface area contributed by atoms with Gasteiger partial charge >= 0.3 is 10.8 Å². The predicted octanol–water partition coefficient (Wildman–Crippen LogP) is 3.11. The van der Waals surface area contributed by atoms with Crippen molar-refractivity contribution in [3.8, 4) is 5.75 Å². The monoisotopic (exact) mass is 514 g/mol. The van der Waals surface area contributed by atoms with Gasteiger partial charge in [0.15, 0.2) is 0 Å². The Morgan fingerprint density at radius 1 is 1.11 bits per heavy atom. The summed E-state index contributed by atoms with van der Waals surface area (Å²) in [6.07, 6.45) is 0.983. The zero-order valence-electron chi connectivity index (χ0n) is 19.2. The Morgan fingerprint density at radius 2 is 1.77 bits per heavy atom. The Kier molecular flexibility index (Phi) is 5.20. The van der Waals surface area contributed by atoms with Crippen LogP contribution in [0.25, 0.3) is 0 Å². The standard InChI is InChI=1S/C25H26N2O6S2/c1-9(2)7-14(24(31)32)27-22(29)17-12-8-13(18(17)23(27)30)19-16(12)15(10-3-5-11(28)6-4-10)20-21(34-19)26-25(33)35-20/h3-6,9,12-19,28H,7-8H2,1-2H3,(H,26,33)(H,31,32)/t12-,13-,14-,15+,16-,17+,18-,19+/m1/s1. The molecule has 8 nitrogen and oxygen atoms in total. The van der Waals surface area contributed by atoms with Crippen LogP contribution >= 0.6 is 23.1 Å². The molecule has 2 bridgehead atoms. The molecular weight excluding hydrogens is 488 g/mol. The van der Waals surface area contributed by atoms with E-state index in [0.29, 0.717) is 0 Å². The number of aliphatic carboxylic acids is 1. The molecule has 3 fully saturated rings. The van der Waals surface area contributed by atoms with Gasteiger partial charge in [0.25, 0.3) is 0 Å². The summed E-state index contributed by atoms with van der Waals surface area (Å²) in [4.78, 5) is 56.4. The van der Waals surface area contributed by atoms with Gasteiger partial charge in [-0.05, 0) is 54.2 Å². The number of nitrogens with one attached hydrogen (secondary N) is 1. The maximum Gasteiger partial charge on any atom is 0.326 e. The number of carboxylic acids is 1. The van der Waals surface area contributed by atoms with Crippen molar-refractivity contribution in [3.05, 3.63) is 44.4 Å². The number of thioether (sulfide) groups is 1. The van der Waals surface area contributed by atoms with Gasteiger partial charge in [0.05, 0.1) is 16.9 Å². The number of phenolic OH excluding ortho intramolecular Hbond substituents is 1. The van der Waals surface area contributed by atoms with E-state index in [0.717, 1.165) is 26.8 Å². The number of phenols is 1. The van der Waals surface area contributed by atoms with Crippen molar-refractivity contribution in [1.82, 2.24) is 9.88 Å². The zero-order valence-corrected chi connectivity index (χ0v) is 20.8. The average Bonchev–Trinajstić information content (AvgIpc) is 3.52. The smallest absolute Gasteiger partial charge is 0.326 e. The summed E-state index contributed by atoms with van der Waals surface area (Å²) in [5, 5.41) is 20.6. The highest BCUT2D eigenvalue weighted by molar-refractivity contribution is 8.00. The summed E-state index contributed by atoms with van der Waals surface area (Å²) in [5.74, 6) is -2.86. The second-order valence-corrected chi connectivity index (χ2v) is 12.8. The molecule has 3 N–H and O–H groups in total. The third kappa shape index (κ3) is 3.25. The van der Waals surface area contributed by atoms with E-state index in [1.165, 1.54) is 11.3 Å². The number of carbonyl (C=O) groups excluding carboxylic acids is 2. The van der Waals surface area contributed by atoms with Gasteiger partial charge in [-0.1, -0.05) is 37.3 Å². The molecule has 2 saturated carbocycles. The van der Waals surface area contributed by atoms with Crippen molar-refractivity contribution >= 4 is 40.9 Å². The third-order valence-corrected chi connectivity index (χ3v) is 10.9. The van der Waals surface area contributed by atoms with Gasteiger partial charge in [-0.15, -0.1) is 11.8 Å². The van der Waals surface area contributed by atoms with Crippen LogP contribution in [-0.4, -0.2) is 49.2 Å². The molecule has 6 rings (SSSR count). The van der Waals surface area contributed by atoms with Gasteiger partial charge in [-0.25, -0.2) is 4.79 Å². The number of H-pyrrole nitrogens is 1. The lowest BCUT2D eigenvalue weighted by Gasteiger charge is -2.43. The minimum Gasteiger partial charge on any atom is -0.508 e. The number of benzene rings is 1. The molecule has 1 saturated heterocycles. The minimum atomic E-state index is -1.14. The van der Waals surface area contributed by atoms with Gasteiger partial charge in [-0.2, -0.15) is 0 Å². The Hall–Kier alpha value is -2.59. The molecule has 184 valence electrons. The Bertz CT molecular complexity index is 1280. The van der Waals surface area contributed by atoms with Gasteiger partial charge < -0.3 is 15.2 Å². The van der Waals surface area contributed by atoms with Crippen LogP contribution in [0.1, 0.15) is 43.0 Å². The molecule has 8 atom stereocenters. The van der Waals surface area contributed by atoms with E-state index in [9.17, 15) is 29.4 Å². The first-order chi connectivity index (χ1) is 16.7. The molecule has 1 aromatic heterocycles. The summed E-state index contributed by atoms with van der Waals surface area (Å²) in [6, 6.07) is 5.85. The number of hydrogen-bond donors (Lipinski definition) is 3. The number of aromatic nitrogens is 1. The van der Waals surface area contributed by atoms with Crippen LogP contribution in [0.15, 0.2) is 34.1 Å². The minimum absolute atomic E-state index is 0.0266. The van der Waals surface area contributed by atoms with Crippen LogP contribution in [-0.2, 0) is 14.4 Å². The first-order valence-corrected chi connectivity index (χ1v) is 13.6. The molecule has 0 spiro atoms. The third-order valence-electron chi connectivity index (χ3n) is 8.30. The van der Waals surface area contributed by atoms with Crippen LogP contribution < -0.4 is 4.87 Å². The van der Waals surface area contributed by atoms with Crippen molar-refractivity contribution in [2.75, 3.05) is 0 Å². The lowest BCUT2D eigenvalue weighted by molar-refractivity contribution is -0.156. The van der Waals surface area contributed by atoms with Gasteiger partial charge in [0, 0.05) is 16.0 Å². The number of amides is 2. The molecule has 3 heterocycles. The van der Waals surface area contributed by atoms with E-state index >= 15 is 0 Å². The fraction of sp³-hybridized carbons (Fsp3) is 0.520. The molecule has 4 aliphatic rings. The second-order valence-electron chi connectivity index (χ2n) is 10.6. The van der Waals surface area contributed by atoms with Crippen LogP contribution in [0.2, 0.25) is 0 Å². The molecule has 0 unspecified atom stereocenters. The van der Waals surface area contributed by atoms with Crippen molar-refractivity contribution in [1.29, 1.82) is 0 Å². The molecule has 2 aromatic rings. The fourth-order valence-corrected chi connectivity index (χ4v) is 10.1. The SMILES string of the molecule is CC(C)C[C@H](C(=O)O)N1C(=O)[C@@H]2[C@H]3C[C@@H]([C@@H]2C1=O)[C@@H]1[C@H](c2ccc(O)cc2)c2sc(=O)[nH]c2S[C@@H]31. The molecule has 10 heteroatoms. The molecule has 35 heavy (non-hydrogen) atoms. The summed E-state index contributed by atoms with van der Waals surface area (Å²) in [6.45, 7) is 3.77. The molecule has 2 aliphatic heterocycles. The number of carboxylic acid groups (broad SMARTS) is 1. The second kappa shape index (κ2) is 7.96. The van der Waals surface area contributed by atoms with E-state index in [1.54, 1.807) is 23.9 Å². The van der Waals surface area contributed by atoms with E-state index in [4.69, 9.17) is 0 Å². The summed E-state index contributed by atoms with van der Waals surface area (Å²) in [7, 11) is 0. The molecule has 2 amide bonds.